The fraction of sp³-hybridized carbons (Fsp3) is 0.455. The van der Waals surface area contributed by atoms with E-state index in [0.29, 0.717) is 17.1 Å². The predicted octanol–water partition coefficient (Wildman–Crippen LogP) is 1.37. The molecule has 0 amide bonds. The Labute approximate surface area is 95.2 Å². The predicted molar refractivity (Wildman–Crippen MR) is 63.0 cm³/mol. The Kier molecular flexibility index (Phi) is 5.09. The van der Waals surface area contributed by atoms with Crippen molar-refractivity contribution in [2.45, 2.75) is 12.8 Å². The van der Waals surface area contributed by atoms with Gasteiger partial charge in [0, 0.05) is 26.5 Å². The van der Waals surface area contributed by atoms with Crippen LogP contribution in [0.5, 0.6) is 0 Å². The Balaban J connectivity index is 2.45. The number of unbranched alkanes of at least 4 members (excludes halogenated alkanes) is 1. The van der Waals surface area contributed by atoms with Gasteiger partial charge in [-0.05, 0) is 18.9 Å². The molecule has 0 radical (unpaired) electrons. The summed E-state index contributed by atoms with van der Waals surface area (Å²) in [6.45, 7) is 1.53. The highest BCUT2D eigenvalue weighted by Gasteiger charge is 2.04. The van der Waals surface area contributed by atoms with Crippen LogP contribution in [-0.2, 0) is 4.74 Å². The van der Waals surface area contributed by atoms with Crippen LogP contribution in [-0.4, -0.2) is 25.2 Å². The van der Waals surface area contributed by atoms with Crippen LogP contribution in [0, 0.1) is 11.3 Å². The number of nitrogen functional groups attached to an aromatic ring is 1. The van der Waals surface area contributed by atoms with Crippen molar-refractivity contribution in [3.05, 3.63) is 17.8 Å². The van der Waals surface area contributed by atoms with Crippen LogP contribution in [0.4, 0.5) is 11.5 Å². The van der Waals surface area contributed by atoms with Crippen molar-refractivity contribution in [3.63, 3.8) is 0 Å². The summed E-state index contributed by atoms with van der Waals surface area (Å²) in [6.07, 6.45) is 3.54. The van der Waals surface area contributed by atoms with E-state index in [2.05, 4.69) is 10.3 Å². The number of nitrogens with two attached hydrogens (primary N) is 1. The second kappa shape index (κ2) is 6.64. The number of nitrogens with zero attached hydrogens (tertiary/aromatic N) is 2. The van der Waals surface area contributed by atoms with Crippen LogP contribution in [0.15, 0.2) is 12.3 Å². The molecule has 0 spiro atoms. The van der Waals surface area contributed by atoms with Crippen LogP contribution in [0.3, 0.4) is 0 Å². The van der Waals surface area contributed by atoms with Gasteiger partial charge in [-0.1, -0.05) is 0 Å². The van der Waals surface area contributed by atoms with Gasteiger partial charge in [0.05, 0.1) is 11.3 Å². The Morgan fingerprint density at radius 1 is 1.56 bits per heavy atom. The number of hydrogen-bond acceptors (Lipinski definition) is 5. The minimum atomic E-state index is 0.414. The summed E-state index contributed by atoms with van der Waals surface area (Å²) >= 11 is 0. The third kappa shape index (κ3) is 3.41. The zero-order chi connectivity index (χ0) is 11.8. The fourth-order valence-corrected chi connectivity index (χ4v) is 1.29. The molecule has 0 saturated carbocycles. The largest absolute Gasteiger partial charge is 0.395 e. The molecule has 0 saturated heterocycles. The summed E-state index contributed by atoms with van der Waals surface area (Å²) in [5.41, 5.74) is 6.63. The number of nitrogens with one attached hydrogen (secondary N) is 1. The fourth-order valence-electron chi connectivity index (χ4n) is 1.29. The van der Waals surface area contributed by atoms with Crippen molar-refractivity contribution in [1.82, 2.24) is 4.98 Å². The maximum Gasteiger partial charge on any atom is 0.150 e. The van der Waals surface area contributed by atoms with Gasteiger partial charge in [-0.15, -0.1) is 0 Å². The zero-order valence-corrected chi connectivity index (χ0v) is 9.36. The lowest BCUT2D eigenvalue weighted by molar-refractivity contribution is 0.194. The first kappa shape index (κ1) is 12.3. The molecular formula is C11H16N4O. The maximum absolute atomic E-state index is 8.78. The van der Waals surface area contributed by atoms with Crippen LogP contribution in [0.1, 0.15) is 18.4 Å². The maximum atomic E-state index is 8.78. The van der Waals surface area contributed by atoms with Crippen LogP contribution < -0.4 is 11.1 Å². The molecular weight excluding hydrogens is 204 g/mol. The minimum Gasteiger partial charge on any atom is -0.395 e. The van der Waals surface area contributed by atoms with Gasteiger partial charge in [-0.3, -0.25) is 0 Å². The van der Waals surface area contributed by atoms with Crippen molar-refractivity contribution < 1.29 is 4.74 Å². The first-order chi connectivity index (χ1) is 7.79. The summed E-state index contributed by atoms with van der Waals surface area (Å²) in [4.78, 5) is 4.09. The van der Waals surface area contributed by atoms with Gasteiger partial charge in [-0.25, -0.2) is 4.98 Å². The Morgan fingerprint density at radius 2 is 2.38 bits per heavy atom. The smallest absolute Gasteiger partial charge is 0.150 e. The minimum absolute atomic E-state index is 0.414. The summed E-state index contributed by atoms with van der Waals surface area (Å²) < 4.78 is 4.94. The highest BCUT2D eigenvalue weighted by atomic mass is 16.5. The van der Waals surface area contributed by atoms with Crippen molar-refractivity contribution in [1.29, 1.82) is 5.26 Å². The molecule has 5 heteroatoms. The van der Waals surface area contributed by atoms with Gasteiger partial charge in [0.1, 0.15) is 6.07 Å². The molecule has 3 N–H and O–H groups in total. The number of pyridine rings is 1. The molecule has 0 aromatic carbocycles. The molecule has 0 aliphatic rings. The molecule has 0 bridgehead atoms. The molecule has 0 aliphatic heterocycles. The van der Waals surface area contributed by atoms with Crippen molar-refractivity contribution in [2.75, 3.05) is 31.3 Å². The molecule has 1 rings (SSSR count). The van der Waals surface area contributed by atoms with E-state index in [9.17, 15) is 0 Å². The number of rotatable bonds is 6. The van der Waals surface area contributed by atoms with E-state index in [0.717, 1.165) is 26.0 Å². The van der Waals surface area contributed by atoms with Gasteiger partial charge in [0.2, 0.25) is 0 Å². The first-order valence-electron chi connectivity index (χ1n) is 5.17. The average molecular weight is 220 g/mol. The van der Waals surface area contributed by atoms with E-state index in [-0.39, 0.29) is 0 Å². The molecule has 86 valence electrons. The van der Waals surface area contributed by atoms with Gasteiger partial charge in [-0.2, -0.15) is 5.26 Å². The van der Waals surface area contributed by atoms with Crippen molar-refractivity contribution in [3.8, 4) is 6.07 Å². The topological polar surface area (TPSA) is 84.0 Å². The first-order valence-corrected chi connectivity index (χ1v) is 5.17. The SMILES string of the molecule is COCCCCNc1nccc(C#N)c1N. The number of aromatic nitrogens is 1. The average Bonchev–Trinajstić information content (AvgIpc) is 2.31. The van der Waals surface area contributed by atoms with Crippen LogP contribution >= 0.6 is 0 Å². The summed E-state index contributed by atoms with van der Waals surface area (Å²) in [7, 11) is 1.68. The second-order valence-corrected chi connectivity index (χ2v) is 3.36. The van der Waals surface area contributed by atoms with E-state index in [1.807, 2.05) is 6.07 Å². The number of ether oxygens (including phenoxy) is 1. The van der Waals surface area contributed by atoms with Crippen molar-refractivity contribution >= 4 is 11.5 Å². The molecule has 0 fully saturated rings. The van der Waals surface area contributed by atoms with Crippen LogP contribution in [0.25, 0.3) is 0 Å². The molecule has 0 unspecified atom stereocenters. The molecule has 5 nitrogen and oxygen atoms in total. The lowest BCUT2D eigenvalue weighted by Gasteiger charge is -2.08. The van der Waals surface area contributed by atoms with Gasteiger partial charge >= 0.3 is 0 Å². The molecule has 1 aromatic rings. The van der Waals surface area contributed by atoms with E-state index in [1.165, 1.54) is 0 Å². The van der Waals surface area contributed by atoms with Gasteiger partial charge in [0.25, 0.3) is 0 Å². The Bertz CT molecular complexity index is 373. The lowest BCUT2D eigenvalue weighted by atomic mass is 10.2. The number of nitriles is 1. The molecule has 16 heavy (non-hydrogen) atoms. The third-order valence-electron chi connectivity index (χ3n) is 2.18. The standard InChI is InChI=1S/C11H16N4O/c1-16-7-3-2-5-14-11-10(13)9(8-12)4-6-15-11/h4,6H,2-3,5,7,13H2,1H3,(H,14,15). The number of anilines is 2. The van der Waals surface area contributed by atoms with Gasteiger partial charge < -0.3 is 15.8 Å². The number of methoxy groups -OCH3 is 1. The molecule has 1 aromatic heterocycles. The van der Waals surface area contributed by atoms with Gasteiger partial charge in [0.15, 0.2) is 5.82 Å². The Hall–Kier alpha value is -1.80. The molecule has 0 aliphatic carbocycles. The van der Waals surface area contributed by atoms with Crippen molar-refractivity contribution in [2.24, 2.45) is 0 Å². The summed E-state index contributed by atoms with van der Waals surface area (Å²) in [5.74, 6) is 0.580. The zero-order valence-electron chi connectivity index (χ0n) is 9.36. The normalized spacial score (nSPS) is 9.75. The number of hydrogen-bond donors (Lipinski definition) is 2. The third-order valence-corrected chi connectivity index (χ3v) is 2.18. The highest BCUT2D eigenvalue weighted by Crippen LogP contribution is 2.18. The van der Waals surface area contributed by atoms with E-state index in [1.54, 1.807) is 19.4 Å². The summed E-state index contributed by atoms with van der Waals surface area (Å²) in [5, 5.41) is 11.9. The quantitative estimate of drug-likeness (QED) is 0.707. The van der Waals surface area contributed by atoms with E-state index in [4.69, 9.17) is 15.7 Å². The van der Waals surface area contributed by atoms with Crippen LogP contribution in [0.2, 0.25) is 0 Å². The summed E-state index contributed by atoms with van der Waals surface area (Å²) in [6, 6.07) is 3.62. The Morgan fingerprint density at radius 3 is 3.06 bits per heavy atom. The molecule has 1 heterocycles. The highest BCUT2D eigenvalue weighted by molar-refractivity contribution is 5.68. The van der Waals surface area contributed by atoms with E-state index < -0.39 is 0 Å². The lowest BCUT2D eigenvalue weighted by Crippen LogP contribution is -2.07. The monoisotopic (exact) mass is 220 g/mol. The van der Waals surface area contributed by atoms with E-state index >= 15 is 0 Å². The second-order valence-electron chi connectivity index (χ2n) is 3.36. The molecule has 0 atom stereocenters.